The molecule has 9 nitrogen and oxygen atoms in total. The van der Waals surface area contributed by atoms with Crippen molar-refractivity contribution >= 4 is 23.8 Å². The average Bonchev–Trinajstić information content (AvgIpc) is 2.87. The van der Waals surface area contributed by atoms with Gasteiger partial charge in [0.2, 0.25) is 0 Å². The number of rotatable bonds is 12. The maximum absolute atomic E-state index is 11.5. The molecule has 0 bridgehead atoms. The van der Waals surface area contributed by atoms with Crippen LogP contribution in [0.4, 0.5) is 0 Å². The zero-order valence-electron chi connectivity index (χ0n) is 13.4. The van der Waals surface area contributed by atoms with Crippen LogP contribution in [0.5, 0.6) is 0 Å². The number of hydroxylamine groups is 2. The van der Waals surface area contributed by atoms with E-state index in [-0.39, 0.29) is 38.9 Å². The normalized spacial score (nSPS) is 13.9. The molecule has 1 fully saturated rings. The lowest BCUT2D eigenvalue weighted by Gasteiger charge is -2.12. The Kier molecular flexibility index (Phi) is 9.32. The lowest BCUT2D eigenvalue weighted by atomic mass is 10.3. The lowest BCUT2D eigenvalue weighted by Crippen LogP contribution is -2.32. The molecular weight excluding hydrogens is 322 g/mol. The number of esters is 1. The van der Waals surface area contributed by atoms with Crippen molar-refractivity contribution in [3.63, 3.8) is 0 Å². The SMILES string of the molecule is C=CCOCCOCCOC(=O)CCC(=O)ON1C(=O)CCC1=O. The van der Waals surface area contributed by atoms with Gasteiger partial charge in [-0.15, -0.1) is 11.6 Å². The fourth-order valence-corrected chi connectivity index (χ4v) is 1.68. The fourth-order valence-electron chi connectivity index (χ4n) is 1.68. The van der Waals surface area contributed by atoms with Gasteiger partial charge in [-0.2, -0.15) is 0 Å². The molecule has 1 aliphatic heterocycles. The van der Waals surface area contributed by atoms with E-state index in [9.17, 15) is 19.2 Å². The van der Waals surface area contributed by atoms with Crippen LogP contribution in [0.2, 0.25) is 0 Å². The quantitative estimate of drug-likeness (QED) is 0.213. The van der Waals surface area contributed by atoms with Crippen molar-refractivity contribution in [2.24, 2.45) is 0 Å². The second-order valence-corrected chi connectivity index (χ2v) is 4.74. The van der Waals surface area contributed by atoms with E-state index in [1.807, 2.05) is 0 Å². The van der Waals surface area contributed by atoms with Gasteiger partial charge in [-0.25, -0.2) is 4.79 Å². The molecule has 0 spiro atoms. The Morgan fingerprint density at radius 2 is 1.54 bits per heavy atom. The third kappa shape index (κ3) is 7.84. The molecule has 0 atom stereocenters. The Balaban J connectivity index is 2.03. The number of carbonyl (C=O) groups excluding carboxylic acids is 4. The van der Waals surface area contributed by atoms with E-state index >= 15 is 0 Å². The third-order valence-corrected chi connectivity index (χ3v) is 2.83. The molecule has 0 aromatic carbocycles. The molecule has 0 aromatic heterocycles. The number of amides is 2. The van der Waals surface area contributed by atoms with Crippen LogP contribution in [-0.2, 0) is 38.2 Å². The molecule has 0 unspecified atom stereocenters. The lowest BCUT2D eigenvalue weighted by molar-refractivity contribution is -0.197. The molecular formula is C15H21NO8. The minimum absolute atomic E-state index is 0.0206. The van der Waals surface area contributed by atoms with Gasteiger partial charge in [0.25, 0.3) is 11.8 Å². The van der Waals surface area contributed by atoms with E-state index in [1.165, 1.54) is 0 Å². The van der Waals surface area contributed by atoms with Crippen LogP contribution >= 0.6 is 0 Å². The molecule has 9 heteroatoms. The molecule has 2 amide bonds. The first-order valence-corrected chi connectivity index (χ1v) is 7.53. The summed E-state index contributed by atoms with van der Waals surface area (Å²) in [6.07, 6.45) is 1.17. The monoisotopic (exact) mass is 343 g/mol. The number of imide groups is 1. The van der Waals surface area contributed by atoms with Gasteiger partial charge in [0.05, 0.1) is 39.3 Å². The van der Waals surface area contributed by atoms with Gasteiger partial charge >= 0.3 is 11.9 Å². The summed E-state index contributed by atoms with van der Waals surface area (Å²) in [4.78, 5) is 50.0. The summed E-state index contributed by atoms with van der Waals surface area (Å²) in [5.41, 5.74) is 0. The second-order valence-electron chi connectivity index (χ2n) is 4.74. The standard InChI is InChI=1S/C15H21NO8/c1-2-7-21-8-9-22-10-11-23-14(19)5-6-15(20)24-16-12(17)3-4-13(16)18/h2H,1,3-11H2. The topological polar surface area (TPSA) is 108 Å². The summed E-state index contributed by atoms with van der Waals surface area (Å²) >= 11 is 0. The highest BCUT2D eigenvalue weighted by atomic mass is 16.7. The van der Waals surface area contributed by atoms with E-state index in [1.54, 1.807) is 6.08 Å². The summed E-state index contributed by atoms with van der Waals surface area (Å²) in [6.45, 7) is 5.00. The zero-order valence-corrected chi connectivity index (χ0v) is 13.4. The van der Waals surface area contributed by atoms with Gasteiger partial charge in [-0.3, -0.25) is 14.4 Å². The molecule has 1 heterocycles. The Hall–Kier alpha value is -2.26. The van der Waals surface area contributed by atoms with E-state index < -0.39 is 23.8 Å². The van der Waals surface area contributed by atoms with Crippen molar-refractivity contribution in [1.29, 1.82) is 0 Å². The number of ether oxygens (including phenoxy) is 3. The maximum Gasteiger partial charge on any atom is 0.333 e. The van der Waals surface area contributed by atoms with Crippen molar-refractivity contribution < 1.29 is 38.2 Å². The van der Waals surface area contributed by atoms with E-state index in [4.69, 9.17) is 14.2 Å². The predicted octanol–water partition coefficient (Wildman–Crippen LogP) is 0.136. The smallest absolute Gasteiger partial charge is 0.333 e. The van der Waals surface area contributed by atoms with Crippen molar-refractivity contribution in [2.45, 2.75) is 25.7 Å². The average molecular weight is 343 g/mol. The summed E-state index contributed by atoms with van der Waals surface area (Å²) in [7, 11) is 0. The van der Waals surface area contributed by atoms with Gasteiger partial charge in [-0.05, 0) is 0 Å². The van der Waals surface area contributed by atoms with E-state index in [0.717, 1.165) is 0 Å². The van der Waals surface area contributed by atoms with Crippen LogP contribution < -0.4 is 0 Å². The molecule has 1 rings (SSSR count). The molecule has 0 saturated carbocycles. The van der Waals surface area contributed by atoms with Crippen LogP contribution in [0.3, 0.4) is 0 Å². The number of carbonyl (C=O) groups is 4. The number of hydrogen-bond donors (Lipinski definition) is 0. The van der Waals surface area contributed by atoms with Crippen molar-refractivity contribution in [3.8, 4) is 0 Å². The van der Waals surface area contributed by atoms with Crippen LogP contribution in [0.25, 0.3) is 0 Å². The van der Waals surface area contributed by atoms with Crippen molar-refractivity contribution in [2.75, 3.05) is 33.0 Å². The first-order chi connectivity index (χ1) is 11.5. The Bertz CT molecular complexity index is 460. The largest absolute Gasteiger partial charge is 0.463 e. The first kappa shape index (κ1) is 19.8. The first-order valence-electron chi connectivity index (χ1n) is 7.53. The molecule has 1 saturated heterocycles. The summed E-state index contributed by atoms with van der Waals surface area (Å²) < 4.78 is 15.1. The Labute approximate surface area is 139 Å². The molecule has 0 aromatic rings. The Morgan fingerprint density at radius 1 is 0.958 bits per heavy atom. The van der Waals surface area contributed by atoms with Crippen molar-refractivity contribution in [1.82, 2.24) is 5.06 Å². The molecule has 134 valence electrons. The number of hydrogen-bond acceptors (Lipinski definition) is 8. The molecule has 0 N–H and O–H groups in total. The van der Waals surface area contributed by atoms with Crippen LogP contribution in [0.15, 0.2) is 12.7 Å². The van der Waals surface area contributed by atoms with Gasteiger partial charge in [0, 0.05) is 12.8 Å². The predicted molar refractivity (Wildman–Crippen MR) is 79.2 cm³/mol. The summed E-state index contributed by atoms with van der Waals surface area (Å²) in [5, 5.41) is 0.440. The fraction of sp³-hybridized carbons (Fsp3) is 0.600. The second kappa shape index (κ2) is 11.3. The minimum atomic E-state index is -0.842. The van der Waals surface area contributed by atoms with E-state index in [0.29, 0.717) is 24.9 Å². The van der Waals surface area contributed by atoms with Crippen LogP contribution in [-0.4, -0.2) is 61.9 Å². The summed E-state index contributed by atoms with van der Waals surface area (Å²) in [5.74, 6) is -2.57. The highest BCUT2D eigenvalue weighted by Gasteiger charge is 2.32. The number of nitrogens with zero attached hydrogens (tertiary/aromatic N) is 1. The van der Waals surface area contributed by atoms with Crippen LogP contribution in [0, 0.1) is 0 Å². The highest BCUT2D eigenvalue weighted by molar-refractivity contribution is 6.01. The molecule has 24 heavy (non-hydrogen) atoms. The van der Waals surface area contributed by atoms with E-state index in [2.05, 4.69) is 11.4 Å². The third-order valence-electron chi connectivity index (χ3n) is 2.83. The van der Waals surface area contributed by atoms with Gasteiger partial charge in [-0.1, -0.05) is 6.08 Å². The molecule has 1 aliphatic rings. The van der Waals surface area contributed by atoms with Crippen molar-refractivity contribution in [3.05, 3.63) is 12.7 Å². The van der Waals surface area contributed by atoms with Gasteiger partial charge in [0.1, 0.15) is 6.61 Å². The minimum Gasteiger partial charge on any atom is -0.463 e. The molecule has 0 radical (unpaired) electrons. The maximum atomic E-state index is 11.5. The molecule has 0 aliphatic carbocycles. The van der Waals surface area contributed by atoms with Crippen LogP contribution in [0.1, 0.15) is 25.7 Å². The summed E-state index contributed by atoms with van der Waals surface area (Å²) in [6, 6.07) is 0. The highest BCUT2D eigenvalue weighted by Crippen LogP contribution is 2.13. The van der Waals surface area contributed by atoms with Gasteiger partial charge in [0.15, 0.2) is 0 Å². The van der Waals surface area contributed by atoms with Gasteiger partial charge < -0.3 is 19.0 Å². The zero-order chi connectivity index (χ0) is 17.8. The Morgan fingerprint density at radius 3 is 2.21 bits per heavy atom.